The molecule has 0 saturated carbocycles. The second-order valence-electron chi connectivity index (χ2n) is 8.91. The quantitative estimate of drug-likeness (QED) is 0.675. The maximum absolute atomic E-state index is 12.0. The molecule has 29 heavy (non-hydrogen) atoms. The third-order valence-corrected chi connectivity index (χ3v) is 6.50. The highest BCUT2D eigenvalue weighted by Gasteiger charge is 2.54. The largest absolute Gasteiger partial charge is 0.467 e. The van der Waals surface area contributed by atoms with E-state index in [9.17, 15) is 4.79 Å². The molecular formula is C20H31BN4O4. The number of piperazine rings is 1. The first-order valence-electron chi connectivity index (χ1n) is 10.5. The molecule has 1 unspecified atom stereocenters. The average Bonchev–Trinajstić information content (AvgIpc) is 3.20. The van der Waals surface area contributed by atoms with Crippen LogP contribution in [0.3, 0.4) is 0 Å². The molecule has 0 N–H and O–H groups in total. The van der Waals surface area contributed by atoms with Gasteiger partial charge in [0.2, 0.25) is 0 Å². The van der Waals surface area contributed by atoms with Gasteiger partial charge in [-0.1, -0.05) is 6.08 Å². The van der Waals surface area contributed by atoms with Gasteiger partial charge in [-0.15, -0.1) is 0 Å². The Hall–Kier alpha value is -2.00. The molecule has 0 bridgehead atoms. The summed E-state index contributed by atoms with van der Waals surface area (Å²) in [4.78, 5) is 16.0. The van der Waals surface area contributed by atoms with Crippen molar-refractivity contribution in [1.29, 1.82) is 0 Å². The molecule has 4 heterocycles. The smallest absolute Gasteiger partial charge is 0.450 e. The third kappa shape index (κ3) is 3.66. The molecule has 0 spiro atoms. The molecule has 2 fully saturated rings. The van der Waals surface area contributed by atoms with Crippen LogP contribution in [0.1, 0.15) is 34.6 Å². The lowest BCUT2D eigenvalue weighted by molar-refractivity contribution is 0.00578. The Labute approximate surface area is 173 Å². The summed E-state index contributed by atoms with van der Waals surface area (Å²) < 4.78 is 17.6. The first kappa shape index (κ1) is 20.3. The van der Waals surface area contributed by atoms with Crippen molar-refractivity contribution in [3.63, 3.8) is 0 Å². The zero-order valence-electron chi connectivity index (χ0n) is 18.1. The summed E-state index contributed by atoms with van der Waals surface area (Å²) in [6.07, 6.45) is 5.89. The molecule has 0 aromatic rings. The van der Waals surface area contributed by atoms with Crippen molar-refractivity contribution in [2.24, 2.45) is 5.10 Å². The lowest BCUT2D eigenvalue weighted by atomic mass is 9.72. The van der Waals surface area contributed by atoms with Gasteiger partial charge in [0, 0.05) is 44.8 Å². The molecule has 158 valence electrons. The number of ether oxygens (including phenoxy) is 1. The van der Waals surface area contributed by atoms with E-state index in [1.165, 1.54) is 0 Å². The van der Waals surface area contributed by atoms with Crippen molar-refractivity contribution in [3.05, 3.63) is 23.5 Å². The Morgan fingerprint density at radius 3 is 2.45 bits per heavy atom. The van der Waals surface area contributed by atoms with E-state index in [-0.39, 0.29) is 30.2 Å². The fourth-order valence-electron chi connectivity index (χ4n) is 4.08. The summed E-state index contributed by atoms with van der Waals surface area (Å²) in [5.74, 6) is 0.116. The van der Waals surface area contributed by atoms with Crippen LogP contribution in [-0.4, -0.2) is 84.8 Å². The third-order valence-electron chi connectivity index (χ3n) is 6.50. The lowest BCUT2D eigenvalue weighted by Crippen LogP contribution is -2.49. The second-order valence-corrected chi connectivity index (χ2v) is 8.91. The van der Waals surface area contributed by atoms with Crippen LogP contribution in [0.25, 0.3) is 0 Å². The van der Waals surface area contributed by atoms with E-state index >= 15 is 0 Å². The molecule has 2 saturated heterocycles. The Kier molecular flexibility index (Phi) is 5.15. The van der Waals surface area contributed by atoms with Crippen LogP contribution in [0.4, 0.5) is 4.79 Å². The molecule has 0 aromatic heterocycles. The predicted molar refractivity (Wildman–Crippen MR) is 111 cm³/mol. The van der Waals surface area contributed by atoms with Gasteiger partial charge in [0.05, 0.1) is 29.2 Å². The fraction of sp³-hybridized carbons (Fsp3) is 0.700. The van der Waals surface area contributed by atoms with Crippen molar-refractivity contribution in [1.82, 2.24) is 14.8 Å². The number of hydrogen-bond donors (Lipinski definition) is 0. The first-order valence-corrected chi connectivity index (χ1v) is 10.5. The molecular weight excluding hydrogens is 371 g/mol. The molecule has 8 nitrogen and oxygen atoms in total. The Bertz CT molecular complexity index is 740. The molecule has 9 heteroatoms. The number of allylic oxidation sites excluding steroid dienone is 1. The van der Waals surface area contributed by atoms with Gasteiger partial charge in [-0.3, -0.25) is 5.01 Å². The maximum Gasteiger partial charge on any atom is 0.467 e. The van der Waals surface area contributed by atoms with Crippen molar-refractivity contribution in [3.8, 4) is 0 Å². The number of rotatable bonds is 3. The van der Waals surface area contributed by atoms with Crippen molar-refractivity contribution in [2.75, 3.05) is 39.3 Å². The maximum atomic E-state index is 12.0. The Morgan fingerprint density at radius 1 is 1.17 bits per heavy atom. The van der Waals surface area contributed by atoms with Crippen molar-refractivity contribution >= 4 is 19.4 Å². The van der Waals surface area contributed by atoms with E-state index < -0.39 is 0 Å². The van der Waals surface area contributed by atoms with Crippen LogP contribution < -0.4 is 0 Å². The monoisotopic (exact) mass is 402 g/mol. The molecule has 1 atom stereocenters. The molecule has 0 aromatic carbocycles. The van der Waals surface area contributed by atoms with Gasteiger partial charge in [0.25, 0.3) is 0 Å². The summed E-state index contributed by atoms with van der Waals surface area (Å²) in [5.41, 5.74) is 1.55. The lowest BCUT2D eigenvalue weighted by Gasteiger charge is -2.38. The van der Waals surface area contributed by atoms with Gasteiger partial charge in [-0.2, -0.15) is 5.10 Å². The predicted octanol–water partition coefficient (Wildman–Crippen LogP) is 2.31. The van der Waals surface area contributed by atoms with Crippen LogP contribution in [-0.2, 0) is 14.0 Å². The van der Waals surface area contributed by atoms with E-state index in [0.717, 1.165) is 31.0 Å². The number of hydrogen-bond acceptors (Lipinski definition) is 7. The summed E-state index contributed by atoms with van der Waals surface area (Å²) in [7, 11) is -0.282. The standard InChI is InChI=1S/C20H31BN4O4/c1-6-27-18(26)24-11-9-23(10-12-24)16-7-8-22-25-14-15(13-17(16)25)21-28-19(2,3)20(4,5)29-21/h7-8,13,15H,6,9-12,14H2,1-5H3. The number of nitrogens with zero attached hydrogens (tertiary/aromatic N) is 4. The Balaban J connectivity index is 1.44. The highest BCUT2D eigenvalue weighted by atomic mass is 16.7. The van der Waals surface area contributed by atoms with Gasteiger partial charge < -0.3 is 23.8 Å². The molecule has 4 aliphatic heterocycles. The van der Waals surface area contributed by atoms with E-state index in [1.807, 2.05) is 18.1 Å². The van der Waals surface area contributed by atoms with Crippen LogP contribution >= 0.6 is 0 Å². The fourth-order valence-corrected chi connectivity index (χ4v) is 4.08. The minimum absolute atomic E-state index is 0.116. The molecule has 1 amide bonds. The van der Waals surface area contributed by atoms with Crippen molar-refractivity contribution < 1.29 is 18.8 Å². The van der Waals surface area contributed by atoms with Crippen LogP contribution in [0.2, 0.25) is 5.82 Å². The van der Waals surface area contributed by atoms with E-state index in [1.54, 1.807) is 4.90 Å². The van der Waals surface area contributed by atoms with Gasteiger partial charge in [0.15, 0.2) is 0 Å². The molecule has 4 aliphatic rings. The van der Waals surface area contributed by atoms with E-state index in [0.29, 0.717) is 19.7 Å². The number of amides is 1. The number of carbonyl (C=O) groups is 1. The van der Waals surface area contributed by atoms with Gasteiger partial charge in [-0.25, -0.2) is 4.79 Å². The Morgan fingerprint density at radius 2 is 1.83 bits per heavy atom. The molecule has 4 rings (SSSR count). The van der Waals surface area contributed by atoms with Gasteiger partial charge in [-0.05, 0) is 40.7 Å². The second kappa shape index (κ2) is 7.36. The van der Waals surface area contributed by atoms with Crippen LogP contribution in [0.15, 0.2) is 28.6 Å². The first-order chi connectivity index (χ1) is 13.7. The summed E-state index contributed by atoms with van der Waals surface area (Å²) in [6.45, 7) is 14.1. The number of fused-ring (bicyclic) bond motifs is 1. The van der Waals surface area contributed by atoms with Crippen molar-refractivity contribution in [2.45, 2.75) is 51.6 Å². The highest BCUT2D eigenvalue weighted by molar-refractivity contribution is 6.48. The normalized spacial score (nSPS) is 27.7. The average molecular weight is 402 g/mol. The summed E-state index contributed by atoms with van der Waals surface area (Å²) in [6, 6.07) is 0. The topological polar surface area (TPSA) is 66.8 Å². The molecule has 0 aliphatic carbocycles. The SMILES string of the molecule is CCOC(=O)N1CCN(C2=CC=NN3CC(B4OC(C)(C)C(C)(C)O4)C=C23)CC1. The van der Waals surface area contributed by atoms with Crippen LogP contribution in [0, 0.1) is 0 Å². The minimum atomic E-state index is -0.343. The van der Waals surface area contributed by atoms with Gasteiger partial charge in [0.1, 0.15) is 0 Å². The van der Waals surface area contributed by atoms with Crippen LogP contribution in [0.5, 0.6) is 0 Å². The number of carbonyl (C=O) groups excluding carboxylic acids is 1. The number of hydrazone groups is 1. The van der Waals surface area contributed by atoms with Gasteiger partial charge >= 0.3 is 13.2 Å². The zero-order chi connectivity index (χ0) is 20.8. The minimum Gasteiger partial charge on any atom is -0.450 e. The summed E-state index contributed by atoms with van der Waals surface area (Å²) >= 11 is 0. The molecule has 0 radical (unpaired) electrons. The highest BCUT2D eigenvalue weighted by Crippen LogP contribution is 2.43. The zero-order valence-corrected chi connectivity index (χ0v) is 18.1. The van der Waals surface area contributed by atoms with E-state index in [4.69, 9.17) is 14.0 Å². The summed E-state index contributed by atoms with van der Waals surface area (Å²) in [5, 5.41) is 6.57. The van der Waals surface area contributed by atoms with E-state index in [2.05, 4.69) is 49.8 Å².